The summed E-state index contributed by atoms with van der Waals surface area (Å²) in [5, 5.41) is 5.56. The number of urea groups is 1. The van der Waals surface area contributed by atoms with E-state index in [-0.39, 0.29) is 24.3 Å². The Kier molecular flexibility index (Phi) is 5.56. The summed E-state index contributed by atoms with van der Waals surface area (Å²) in [5.41, 5.74) is 1.35. The van der Waals surface area contributed by atoms with Gasteiger partial charge in [0.15, 0.2) is 0 Å². The molecule has 1 aromatic carbocycles. The summed E-state index contributed by atoms with van der Waals surface area (Å²) in [7, 11) is 0. The van der Waals surface area contributed by atoms with E-state index in [1.54, 1.807) is 6.92 Å². The van der Waals surface area contributed by atoms with E-state index >= 15 is 0 Å². The topological polar surface area (TPSA) is 91.0 Å². The van der Waals surface area contributed by atoms with Crippen LogP contribution in [0.2, 0.25) is 0 Å². The summed E-state index contributed by atoms with van der Waals surface area (Å²) in [6, 6.07) is 7.64. The number of ether oxygens (including phenoxy) is 1. The Hall–Kier alpha value is -2.45. The van der Waals surface area contributed by atoms with Crippen LogP contribution >= 0.6 is 0 Å². The maximum absolute atomic E-state index is 12.6. The first-order chi connectivity index (χ1) is 14.0. The zero-order valence-corrected chi connectivity index (χ0v) is 16.8. The summed E-state index contributed by atoms with van der Waals surface area (Å²) in [4.78, 5) is 40.4. The fraction of sp³-hybridized carbons (Fsp3) is 0.571. The minimum absolute atomic E-state index is 0.183. The number of carbonyl (C=O) groups is 3. The highest BCUT2D eigenvalue weighted by molar-refractivity contribution is 6.09. The molecule has 8 heteroatoms. The maximum Gasteiger partial charge on any atom is 0.325 e. The molecule has 2 heterocycles. The molecule has 0 aromatic heterocycles. The highest BCUT2D eigenvalue weighted by atomic mass is 16.5. The van der Waals surface area contributed by atoms with Gasteiger partial charge in [-0.05, 0) is 36.8 Å². The van der Waals surface area contributed by atoms with Crippen molar-refractivity contribution in [1.29, 1.82) is 0 Å². The summed E-state index contributed by atoms with van der Waals surface area (Å²) in [6.07, 6.45) is 1.87. The molecule has 1 atom stereocenters. The standard InChI is InChI=1S/C21H28N4O4/c1-21(17-6-7-17)19(27)25(20(28)23-21)14-18(26)22-12-15-2-4-16(5-3-15)13-24-8-10-29-11-9-24/h2-5,17H,6-14H2,1H3,(H,22,26)(H,23,28)/t21-/m1/s1. The second kappa shape index (κ2) is 8.12. The number of hydrogen-bond donors (Lipinski definition) is 2. The highest BCUT2D eigenvalue weighted by Gasteiger charge is 2.56. The monoisotopic (exact) mass is 400 g/mol. The van der Waals surface area contributed by atoms with Gasteiger partial charge in [-0.15, -0.1) is 0 Å². The van der Waals surface area contributed by atoms with Crippen molar-refractivity contribution in [3.63, 3.8) is 0 Å². The summed E-state index contributed by atoms with van der Waals surface area (Å²) < 4.78 is 5.37. The fourth-order valence-corrected chi connectivity index (χ4v) is 3.98. The second-order valence-corrected chi connectivity index (χ2v) is 8.28. The van der Waals surface area contributed by atoms with E-state index in [0.29, 0.717) is 6.54 Å². The molecule has 2 aliphatic heterocycles. The smallest absolute Gasteiger partial charge is 0.325 e. The van der Waals surface area contributed by atoms with Crippen LogP contribution in [0.1, 0.15) is 30.9 Å². The third kappa shape index (κ3) is 4.43. The Bertz CT molecular complexity index is 786. The van der Waals surface area contributed by atoms with Crippen molar-refractivity contribution in [2.75, 3.05) is 32.8 Å². The predicted molar refractivity (Wildman–Crippen MR) is 106 cm³/mol. The van der Waals surface area contributed by atoms with Crippen LogP contribution in [0.3, 0.4) is 0 Å². The van der Waals surface area contributed by atoms with Gasteiger partial charge in [-0.2, -0.15) is 0 Å². The zero-order chi connectivity index (χ0) is 20.4. The molecule has 0 radical (unpaired) electrons. The Labute approximate surface area is 170 Å². The minimum atomic E-state index is -0.853. The molecule has 4 rings (SSSR count). The van der Waals surface area contributed by atoms with Crippen LogP contribution in [0.15, 0.2) is 24.3 Å². The average molecular weight is 400 g/mol. The number of imide groups is 1. The van der Waals surface area contributed by atoms with Crippen molar-refractivity contribution in [3.8, 4) is 0 Å². The van der Waals surface area contributed by atoms with Crippen molar-refractivity contribution in [1.82, 2.24) is 20.4 Å². The van der Waals surface area contributed by atoms with Gasteiger partial charge in [0, 0.05) is 26.2 Å². The summed E-state index contributed by atoms with van der Waals surface area (Å²) in [5.74, 6) is -0.457. The molecule has 8 nitrogen and oxygen atoms in total. The Morgan fingerprint density at radius 3 is 2.48 bits per heavy atom. The van der Waals surface area contributed by atoms with E-state index in [1.165, 1.54) is 5.56 Å². The first-order valence-corrected chi connectivity index (χ1v) is 10.2. The van der Waals surface area contributed by atoms with Crippen LogP contribution in [0.5, 0.6) is 0 Å². The van der Waals surface area contributed by atoms with E-state index in [9.17, 15) is 14.4 Å². The molecule has 156 valence electrons. The molecule has 4 amide bonds. The molecule has 0 unspecified atom stereocenters. The fourth-order valence-electron chi connectivity index (χ4n) is 3.98. The van der Waals surface area contributed by atoms with Crippen molar-refractivity contribution in [2.45, 2.75) is 38.4 Å². The molecule has 29 heavy (non-hydrogen) atoms. The SMILES string of the molecule is C[C@]1(C2CC2)NC(=O)N(CC(=O)NCc2ccc(CN3CCOCC3)cc2)C1=O. The lowest BCUT2D eigenvalue weighted by Crippen LogP contribution is -2.46. The van der Waals surface area contributed by atoms with Gasteiger partial charge in [-0.25, -0.2) is 4.79 Å². The van der Waals surface area contributed by atoms with Gasteiger partial charge in [-0.3, -0.25) is 19.4 Å². The van der Waals surface area contributed by atoms with E-state index < -0.39 is 11.6 Å². The first-order valence-electron chi connectivity index (χ1n) is 10.2. The van der Waals surface area contributed by atoms with Gasteiger partial charge < -0.3 is 15.4 Å². The molecular formula is C21H28N4O4. The number of benzene rings is 1. The number of morpholine rings is 1. The highest BCUT2D eigenvalue weighted by Crippen LogP contribution is 2.42. The van der Waals surface area contributed by atoms with Crippen LogP contribution in [-0.2, 0) is 27.4 Å². The van der Waals surface area contributed by atoms with Crippen LogP contribution in [0, 0.1) is 5.92 Å². The van der Waals surface area contributed by atoms with E-state index in [2.05, 4.69) is 27.7 Å². The van der Waals surface area contributed by atoms with Crippen LogP contribution in [-0.4, -0.2) is 66.0 Å². The number of carbonyl (C=O) groups excluding carboxylic acids is 3. The molecule has 3 fully saturated rings. The molecular weight excluding hydrogens is 372 g/mol. The Balaban J connectivity index is 1.25. The average Bonchev–Trinajstić information content (AvgIpc) is 3.54. The van der Waals surface area contributed by atoms with Crippen LogP contribution in [0.25, 0.3) is 0 Å². The lowest BCUT2D eigenvalue weighted by atomic mass is 9.96. The van der Waals surface area contributed by atoms with E-state index in [4.69, 9.17) is 4.74 Å². The normalized spacial score (nSPS) is 25.2. The van der Waals surface area contributed by atoms with Crippen molar-refractivity contribution >= 4 is 17.8 Å². The van der Waals surface area contributed by atoms with E-state index in [0.717, 1.165) is 56.2 Å². The summed E-state index contributed by atoms with van der Waals surface area (Å²) in [6.45, 7) is 6.20. The maximum atomic E-state index is 12.6. The lowest BCUT2D eigenvalue weighted by Gasteiger charge is -2.26. The second-order valence-electron chi connectivity index (χ2n) is 8.28. The Morgan fingerprint density at radius 2 is 1.83 bits per heavy atom. The zero-order valence-electron chi connectivity index (χ0n) is 16.8. The lowest BCUT2D eigenvalue weighted by molar-refractivity contribution is -0.135. The molecule has 1 aliphatic carbocycles. The van der Waals surface area contributed by atoms with Crippen molar-refractivity contribution in [3.05, 3.63) is 35.4 Å². The molecule has 2 saturated heterocycles. The van der Waals surface area contributed by atoms with Crippen LogP contribution < -0.4 is 10.6 Å². The molecule has 1 saturated carbocycles. The number of nitrogens with zero attached hydrogens (tertiary/aromatic N) is 2. The molecule has 2 N–H and O–H groups in total. The largest absolute Gasteiger partial charge is 0.379 e. The van der Waals surface area contributed by atoms with Crippen molar-refractivity contribution in [2.24, 2.45) is 5.92 Å². The predicted octanol–water partition coefficient (Wildman–Crippen LogP) is 0.856. The molecule has 0 spiro atoms. The number of nitrogens with one attached hydrogen (secondary N) is 2. The molecule has 3 aliphatic rings. The number of rotatable bonds is 7. The van der Waals surface area contributed by atoms with Gasteiger partial charge >= 0.3 is 6.03 Å². The van der Waals surface area contributed by atoms with Crippen LogP contribution in [0.4, 0.5) is 4.79 Å². The van der Waals surface area contributed by atoms with E-state index in [1.807, 2.05) is 12.1 Å². The number of amides is 4. The van der Waals surface area contributed by atoms with Gasteiger partial charge in [0.25, 0.3) is 5.91 Å². The van der Waals surface area contributed by atoms with Gasteiger partial charge in [0.2, 0.25) is 5.91 Å². The third-order valence-corrected chi connectivity index (χ3v) is 6.02. The number of hydrogen-bond acceptors (Lipinski definition) is 5. The van der Waals surface area contributed by atoms with Gasteiger partial charge in [-0.1, -0.05) is 24.3 Å². The quantitative estimate of drug-likeness (QED) is 0.663. The van der Waals surface area contributed by atoms with Crippen molar-refractivity contribution < 1.29 is 19.1 Å². The summed E-state index contributed by atoms with van der Waals surface area (Å²) >= 11 is 0. The van der Waals surface area contributed by atoms with Gasteiger partial charge in [0.1, 0.15) is 12.1 Å². The first kappa shape index (κ1) is 19.8. The minimum Gasteiger partial charge on any atom is -0.379 e. The van der Waals surface area contributed by atoms with Gasteiger partial charge in [0.05, 0.1) is 13.2 Å². The molecule has 0 bridgehead atoms. The molecule has 1 aromatic rings. The Morgan fingerprint density at radius 1 is 1.17 bits per heavy atom. The third-order valence-electron chi connectivity index (χ3n) is 6.02.